The largest absolute Gasteiger partial charge is 0.356 e. The van der Waals surface area contributed by atoms with Crippen LogP contribution in [-0.2, 0) is 11.3 Å². The van der Waals surface area contributed by atoms with Crippen molar-refractivity contribution in [3.8, 4) is 11.3 Å². The van der Waals surface area contributed by atoms with Gasteiger partial charge in [0.1, 0.15) is 23.4 Å². The number of nitrogens with zero attached hydrogens (tertiary/aromatic N) is 1. The molecule has 2 atom stereocenters. The van der Waals surface area contributed by atoms with Crippen molar-refractivity contribution in [2.75, 3.05) is 0 Å². The normalized spacial score (nSPS) is 18.9. The summed E-state index contributed by atoms with van der Waals surface area (Å²) in [5, 5.41) is 6.74. The van der Waals surface area contributed by atoms with Gasteiger partial charge in [-0.1, -0.05) is 17.3 Å². The molecule has 8 heteroatoms. The molecule has 1 aliphatic rings. The van der Waals surface area contributed by atoms with Gasteiger partial charge in [-0.3, -0.25) is 4.79 Å². The molecule has 2 heterocycles. The van der Waals surface area contributed by atoms with E-state index in [1.165, 1.54) is 24.3 Å². The van der Waals surface area contributed by atoms with Crippen LogP contribution in [0.5, 0.6) is 0 Å². The molecule has 6 nitrogen and oxygen atoms in total. The van der Waals surface area contributed by atoms with Gasteiger partial charge in [-0.2, -0.15) is 0 Å². The lowest BCUT2D eigenvalue weighted by molar-refractivity contribution is -0.123. The van der Waals surface area contributed by atoms with Crippen LogP contribution in [0.4, 0.5) is 8.78 Å². The highest BCUT2D eigenvalue weighted by atomic mass is 19.1. The fraction of sp³-hybridized carbons (Fsp3) is 0.200. The Balaban J connectivity index is 1.31. The highest BCUT2D eigenvalue weighted by Gasteiger charge is 2.30. The highest BCUT2D eigenvalue weighted by molar-refractivity contribution is 5.82. The van der Waals surface area contributed by atoms with E-state index in [0.717, 1.165) is 5.56 Å². The van der Waals surface area contributed by atoms with Crippen LogP contribution < -0.4 is 16.2 Å². The minimum atomic E-state index is -0.418. The number of halogens is 2. The Morgan fingerprint density at radius 3 is 2.46 bits per heavy atom. The van der Waals surface area contributed by atoms with Crippen molar-refractivity contribution in [2.45, 2.75) is 25.0 Å². The highest BCUT2D eigenvalue weighted by Crippen LogP contribution is 2.23. The van der Waals surface area contributed by atoms with Crippen LogP contribution in [0.25, 0.3) is 11.3 Å². The van der Waals surface area contributed by atoms with Crippen molar-refractivity contribution in [3.63, 3.8) is 0 Å². The van der Waals surface area contributed by atoms with Crippen LogP contribution >= 0.6 is 0 Å². The number of aromatic nitrogens is 1. The number of nitrogens with one attached hydrogen (secondary N) is 3. The number of carbonyl (C=O) groups excluding carboxylic acids is 1. The third-order valence-electron chi connectivity index (χ3n) is 4.62. The maximum Gasteiger partial charge on any atom is 0.238 e. The van der Waals surface area contributed by atoms with Gasteiger partial charge in [0.15, 0.2) is 5.76 Å². The van der Waals surface area contributed by atoms with E-state index in [-0.39, 0.29) is 30.1 Å². The van der Waals surface area contributed by atoms with Crippen molar-refractivity contribution in [3.05, 3.63) is 77.5 Å². The van der Waals surface area contributed by atoms with Gasteiger partial charge in [-0.15, -0.1) is 0 Å². The molecule has 144 valence electrons. The Labute approximate surface area is 159 Å². The fourth-order valence-electron chi connectivity index (χ4n) is 3.09. The summed E-state index contributed by atoms with van der Waals surface area (Å²) in [4.78, 5) is 12.4. The van der Waals surface area contributed by atoms with Crippen LogP contribution in [0.3, 0.4) is 0 Å². The van der Waals surface area contributed by atoms with Crippen molar-refractivity contribution in [2.24, 2.45) is 0 Å². The summed E-state index contributed by atoms with van der Waals surface area (Å²) in [6.07, 6.45) is 0.539. The number of hydrogen-bond donors (Lipinski definition) is 3. The molecule has 28 heavy (non-hydrogen) atoms. The quantitative estimate of drug-likeness (QED) is 0.631. The zero-order chi connectivity index (χ0) is 19.5. The smallest absolute Gasteiger partial charge is 0.238 e. The van der Waals surface area contributed by atoms with E-state index in [0.29, 0.717) is 23.4 Å². The van der Waals surface area contributed by atoms with Gasteiger partial charge in [-0.25, -0.2) is 19.6 Å². The lowest BCUT2D eigenvalue weighted by atomic mass is 10.0. The van der Waals surface area contributed by atoms with Crippen LogP contribution in [0, 0.1) is 11.6 Å². The zero-order valence-electron chi connectivity index (χ0n) is 14.8. The summed E-state index contributed by atoms with van der Waals surface area (Å²) < 4.78 is 31.3. The second-order valence-corrected chi connectivity index (χ2v) is 6.59. The average molecular weight is 384 g/mol. The second-order valence-electron chi connectivity index (χ2n) is 6.59. The number of hydrogen-bond acceptors (Lipinski definition) is 5. The van der Waals surface area contributed by atoms with Crippen LogP contribution in [0.15, 0.2) is 59.1 Å². The Morgan fingerprint density at radius 2 is 1.75 bits per heavy atom. The molecule has 3 aromatic rings. The summed E-state index contributed by atoms with van der Waals surface area (Å²) in [7, 11) is 0. The Morgan fingerprint density at radius 1 is 1.07 bits per heavy atom. The maximum atomic E-state index is 13.0. The van der Waals surface area contributed by atoms with E-state index >= 15 is 0 Å². The van der Waals surface area contributed by atoms with E-state index < -0.39 is 6.04 Å². The van der Waals surface area contributed by atoms with Gasteiger partial charge in [0.25, 0.3) is 0 Å². The van der Waals surface area contributed by atoms with E-state index in [1.54, 1.807) is 30.3 Å². The predicted octanol–water partition coefficient (Wildman–Crippen LogP) is 2.84. The molecular formula is C20H18F2N4O2. The first-order valence-corrected chi connectivity index (χ1v) is 8.84. The van der Waals surface area contributed by atoms with Gasteiger partial charge in [0.05, 0.1) is 6.54 Å². The Bertz CT molecular complexity index is 957. The maximum absolute atomic E-state index is 13.0. The average Bonchev–Trinajstić information content (AvgIpc) is 3.37. The Kier molecular flexibility index (Phi) is 5.14. The van der Waals surface area contributed by atoms with Crippen LogP contribution in [0.1, 0.15) is 23.7 Å². The molecule has 2 unspecified atom stereocenters. The Hall–Kier alpha value is -3.10. The summed E-state index contributed by atoms with van der Waals surface area (Å²) in [5.41, 5.74) is 8.19. The number of carbonyl (C=O) groups is 1. The number of rotatable bonds is 5. The first-order chi connectivity index (χ1) is 13.6. The van der Waals surface area contributed by atoms with Gasteiger partial charge in [0, 0.05) is 17.7 Å². The molecular weight excluding hydrogens is 366 g/mol. The van der Waals surface area contributed by atoms with Gasteiger partial charge < -0.3 is 9.84 Å². The molecule has 0 saturated carbocycles. The molecule has 0 radical (unpaired) electrons. The fourth-order valence-corrected chi connectivity index (χ4v) is 3.09. The molecule has 3 N–H and O–H groups in total. The van der Waals surface area contributed by atoms with Crippen molar-refractivity contribution in [1.82, 2.24) is 21.3 Å². The number of benzene rings is 2. The van der Waals surface area contributed by atoms with Gasteiger partial charge in [0.2, 0.25) is 5.91 Å². The van der Waals surface area contributed by atoms with Crippen LogP contribution in [0.2, 0.25) is 0 Å². The summed E-state index contributed by atoms with van der Waals surface area (Å²) in [5.74, 6) is -0.297. The molecule has 1 aliphatic heterocycles. The summed E-state index contributed by atoms with van der Waals surface area (Å²) in [6, 6.07) is 13.3. The SMILES string of the molecule is O=C(NCc1cc(-c2ccc(F)cc2)on1)C1CC(c2ccc(F)cc2)NN1. The first-order valence-electron chi connectivity index (χ1n) is 8.84. The predicted molar refractivity (Wildman–Crippen MR) is 97.6 cm³/mol. The van der Waals surface area contributed by atoms with Crippen molar-refractivity contribution >= 4 is 5.91 Å². The third kappa shape index (κ3) is 4.08. The standard InChI is InChI=1S/C20H18F2N4O2/c21-14-5-1-12(2-6-14)17-10-18(25-24-17)20(27)23-11-16-9-19(28-26-16)13-3-7-15(22)8-4-13/h1-9,17-18,24-25H,10-11H2,(H,23,27). The molecule has 0 spiro atoms. The molecule has 1 saturated heterocycles. The molecule has 0 bridgehead atoms. The number of hydrazine groups is 1. The van der Waals surface area contributed by atoms with Crippen LogP contribution in [-0.4, -0.2) is 17.1 Å². The van der Waals surface area contributed by atoms with E-state index in [1.807, 2.05) is 0 Å². The van der Waals surface area contributed by atoms with E-state index in [4.69, 9.17) is 4.52 Å². The van der Waals surface area contributed by atoms with E-state index in [2.05, 4.69) is 21.3 Å². The molecule has 0 aliphatic carbocycles. The lowest BCUT2D eigenvalue weighted by Crippen LogP contribution is -2.42. The molecule has 2 aromatic carbocycles. The van der Waals surface area contributed by atoms with Crippen molar-refractivity contribution in [1.29, 1.82) is 0 Å². The summed E-state index contributed by atoms with van der Waals surface area (Å²) >= 11 is 0. The van der Waals surface area contributed by atoms with Crippen molar-refractivity contribution < 1.29 is 18.1 Å². The first kappa shape index (κ1) is 18.3. The third-order valence-corrected chi connectivity index (χ3v) is 4.62. The van der Waals surface area contributed by atoms with Gasteiger partial charge in [-0.05, 0) is 48.4 Å². The topological polar surface area (TPSA) is 79.2 Å². The molecule has 1 amide bonds. The molecule has 1 fully saturated rings. The summed E-state index contributed by atoms with van der Waals surface area (Å²) in [6.45, 7) is 0.211. The second kappa shape index (κ2) is 7.87. The molecule has 1 aromatic heterocycles. The number of amides is 1. The lowest BCUT2D eigenvalue weighted by Gasteiger charge is -2.10. The minimum absolute atomic E-state index is 0.0755. The monoisotopic (exact) mass is 384 g/mol. The van der Waals surface area contributed by atoms with E-state index in [9.17, 15) is 13.6 Å². The zero-order valence-corrected chi connectivity index (χ0v) is 14.8. The minimum Gasteiger partial charge on any atom is -0.356 e. The van der Waals surface area contributed by atoms with Gasteiger partial charge >= 0.3 is 0 Å². The molecule has 4 rings (SSSR count).